The Morgan fingerprint density at radius 2 is 2.06 bits per heavy atom. The molecule has 3 aromatic heterocycles. The molecule has 1 fully saturated rings. The number of hydrogen-bond acceptors (Lipinski definition) is 6. The summed E-state index contributed by atoms with van der Waals surface area (Å²) in [7, 11) is 1.43. The summed E-state index contributed by atoms with van der Waals surface area (Å²) in [4.78, 5) is 16.8. The summed E-state index contributed by atoms with van der Waals surface area (Å²) in [5.41, 5.74) is 11.4. The number of alkyl halides is 4. The lowest BCUT2D eigenvalue weighted by atomic mass is 9.82. The van der Waals surface area contributed by atoms with Gasteiger partial charge in [0.15, 0.2) is 11.5 Å². The van der Waals surface area contributed by atoms with Crippen molar-refractivity contribution in [2.45, 2.75) is 43.9 Å². The Kier molecular flexibility index (Phi) is 4.98. The molecule has 9 nitrogen and oxygen atoms in total. The lowest BCUT2D eigenvalue weighted by Gasteiger charge is -2.28. The number of nitrogens with one attached hydrogen (secondary N) is 1. The van der Waals surface area contributed by atoms with E-state index < -0.39 is 36.3 Å². The Morgan fingerprint density at radius 1 is 1.32 bits per heavy atom. The summed E-state index contributed by atoms with van der Waals surface area (Å²) in [6, 6.07) is 1.39. The minimum absolute atomic E-state index is 0.0647. The van der Waals surface area contributed by atoms with E-state index in [0.29, 0.717) is 18.4 Å². The molecule has 166 valence electrons. The highest BCUT2D eigenvalue weighted by Crippen LogP contribution is 2.44. The average molecular weight is 440 g/mol. The number of nitrogen functional groups attached to an aromatic ring is 2. The average Bonchev–Trinajstić information content (AvgIpc) is 3.21. The molecule has 1 aliphatic rings. The third kappa shape index (κ3) is 3.86. The summed E-state index contributed by atoms with van der Waals surface area (Å²) in [6.45, 7) is 0. The number of carbonyl (C=O) groups is 1. The fraction of sp³-hybridized carbons (Fsp3) is 0.444. The van der Waals surface area contributed by atoms with Gasteiger partial charge in [-0.15, -0.1) is 5.10 Å². The quantitative estimate of drug-likeness (QED) is 0.535. The second kappa shape index (κ2) is 7.39. The van der Waals surface area contributed by atoms with E-state index in [2.05, 4.69) is 20.5 Å². The van der Waals surface area contributed by atoms with E-state index in [9.17, 15) is 22.4 Å². The van der Waals surface area contributed by atoms with Crippen molar-refractivity contribution >= 4 is 28.9 Å². The van der Waals surface area contributed by atoms with Crippen molar-refractivity contribution in [3.63, 3.8) is 0 Å². The number of fused-ring (bicyclic) bond motifs is 1. The highest BCUT2D eigenvalue weighted by Gasteiger charge is 2.38. The predicted octanol–water partition coefficient (Wildman–Crippen LogP) is 3.11. The molecule has 0 saturated heterocycles. The minimum Gasteiger partial charge on any atom is -0.382 e. The van der Waals surface area contributed by atoms with Crippen LogP contribution in [0.5, 0.6) is 0 Å². The maximum Gasteiger partial charge on any atom is 0.284 e. The molecular weight excluding hydrogens is 420 g/mol. The van der Waals surface area contributed by atoms with Crippen LogP contribution < -0.4 is 16.8 Å². The van der Waals surface area contributed by atoms with E-state index in [4.69, 9.17) is 11.5 Å². The molecule has 0 spiro atoms. The summed E-state index contributed by atoms with van der Waals surface area (Å²) in [5.74, 6) is -4.51. The van der Waals surface area contributed by atoms with Crippen molar-refractivity contribution in [3.8, 4) is 0 Å². The zero-order valence-corrected chi connectivity index (χ0v) is 16.4. The first-order valence-electron chi connectivity index (χ1n) is 9.51. The van der Waals surface area contributed by atoms with E-state index >= 15 is 0 Å². The molecule has 1 aliphatic carbocycles. The first-order chi connectivity index (χ1) is 14.6. The van der Waals surface area contributed by atoms with Gasteiger partial charge in [-0.1, -0.05) is 0 Å². The van der Waals surface area contributed by atoms with Crippen LogP contribution in [0.3, 0.4) is 0 Å². The van der Waals surface area contributed by atoms with Crippen molar-refractivity contribution < 1.29 is 22.4 Å². The Balaban J connectivity index is 1.79. The van der Waals surface area contributed by atoms with Gasteiger partial charge in [0.05, 0.1) is 5.69 Å². The van der Waals surface area contributed by atoms with Gasteiger partial charge in [-0.05, 0) is 30.4 Å². The summed E-state index contributed by atoms with van der Waals surface area (Å²) >= 11 is 0. The van der Waals surface area contributed by atoms with E-state index in [-0.39, 0.29) is 35.1 Å². The molecule has 1 amide bonds. The Labute approximate surface area is 173 Å². The molecule has 3 aromatic rings. The number of halogens is 4. The normalized spacial score (nSPS) is 18.6. The third-order valence-electron chi connectivity index (χ3n) is 5.31. The van der Waals surface area contributed by atoms with Crippen LogP contribution in [0, 0.1) is 0 Å². The van der Waals surface area contributed by atoms with Gasteiger partial charge in [-0.2, -0.15) is 10.1 Å². The van der Waals surface area contributed by atoms with Crippen molar-refractivity contribution in [3.05, 3.63) is 29.2 Å². The van der Waals surface area contributed by atoms with E-state index in [0.717, 1.165) is 9.20 Å². The Bertz CT molecular complexity index is 1160. The molecule has 1 unspecified atom stereocenters. The Hall–Kier alpha value is -3.38. The molecule has 31 heavy (non-hydrogen) atoms. The van der Waals surface area contributed by atoms with Crippen LogP contribution in [0.2, 0.25) is 0 Å². The van der Waals surface area contributed by atoms with E-state index in [1.54, 1.807) is 0 Å². The largest absolute Gasteiger partial charge is 0.382 e. The molecule has 13 heteroatoms. The molecule has 4 rings (SSSR count). The van der Waals surface area contributed by atoms with Gasteiger partial charge in [-0.3, -0.25) is 9.48 Å². The van der Waals surface area contributed by atoms with Crippen LogP contribution in [0.1, 0.15) is 59.8 Å². The Morgan fingerprint density at radius 3 is 2.74 bits per heavy atom. The number of carbonyl (C=O) groups excluding carboxylic acids is 1. The van der Waals surface area contributed by atoms with Crippen LogP contribution in [-0.4, -0.2) is 36.2 Å². The van der Waals surface area contributed by atoms with Gasteiger partial charge in [0, 0.05) is 26.1 Å². The van der Waals surface area contributed by atoms with E-state index in [1.807, 2.05) is 0 Å². The van der Waals surface area contributed by atoms with Crippen molar-refractivity contribution in [2.75, 3.05) is 16.8 Å². The van der Waals surface area contributed by atoms with Crippen molar-refractivity contribution in [1.82, 2.24) is 24.4 Å². The number of amides is 1. The van der Waals surface area contributed by atoms with Gasteiger partial charge in [0.25, 0.3) is 12.3 Å². The third-order valence-corrected chi connectivity index (χ3v) is 5.31. The van der Waals surface area contributed by atoms with Crippen LogP contribution >= 0.6 is 0 Å². The summed E-state index contributed by atoms with van der Waals surface area (Å²) in [6.07, 6.45) is -1.52. The predicted molar refractivity (Wildman–Crippen MR) is 104 cm³/mol. The van der Waals surface area contributed by atoms with Gasteiger partial charge in [0.2, 0.25) is 11.9 Å². The topological polar surface area (TPSA) is 129 Å². The molecule has 0 aromatic carbocycles. The van der Waals surface area contributed by atoms with E-state index in [1.165, 1.54) is 19.3 Å². The molecule has 3 heterocycles. The SMILES string of the molecule is Cn1cc(NC(=O)c2cc(C3CCCC(F)(F)C3)c3c(N)nc(N)nn23)c(C(F)F)n1. The molecule has 5 N–H and O–H groups in total. The fourth-order valence-electron chi connectivity index (χ4n) is 4.04. The summed E-state index contributed by atoms with van der Waals surface area (Å²) < 4.78 is 56.8. The van der Waals surface area contributed by atoms with Gasteiger partial charge < -0.3 is 16.8 Å². The minimum atomic E-state index is -2.91. The number of aromatic nitrogens is 5. The first kappa shape index (κ1) is 20.9. The number of aryl methyl sites for hydroxylation is 1. The molecule has 0 radical (unpaired) electrons. The van der Waals surface area contributed by atoms with Gasteiger partial charge in [-0.25, -0.2) is 22.1 Å². The summed E-state index contributed by atoms with van der Waals surface area (Å²) in [5, 5.41) is 10.0. The number of rotatable bonds is 4. The monoisotopic (exact) mass is 440 g/mol. The molecular formula is C18H20F4N8O. The zero-order chi connectivity index (χ0) is 22.5. The zero-order valence-electron chi connectivity index (χ0n) is 16.4. The second-order valence-electron chi connectivity index (χ2n) is 7.61. The number of anilines is 3. The fourth-order valence-corrected chi connectivity index (χ4v) is 4.04. The van der Waals surface area contributed by atoms with Crippen LogP contribution in [0.15, 0.2) is 12.3 Å². The molecule has 1 atom stereocenters. The highest BCUT2D eigenvalue weighted by molar-refractivity contribution is 6.05. The number of nitrogens with zero attached hydrogens (tertiary/aromatic N) is 5. The van der Waals surface area contributed by atoms with Crippen molar-refractivity contribution in [2.24, 2.45) is 7.05 Å². The van der Waals surface area contributed by atoms with Gasteiger partial charge >= 0.3 is 0 Å². The molecule has 0 aliphatic heterocycles. The number of hydrogen-bond donors (Lipinski definition) is 3. The smallest absolute Gasteiger partial charge is 0.284 e. The standard InChI is InChI=1S/C18H20F4N8O/c1-29-7-10(12(27-29)14(19)20)25-16(31)11-5-9(8-3-2-4-18(21,22)6-8)13-15(23)26-17(24)28-30(11)13/h5,7-8,14H,2-4,6H2,1H3,(H,25,31)(H4,23,24,26,28). The lowest BCUT2D eigenvalue weighted by Crippen LogP contribution is -2.25. The molecule has 1 saturated carbocycles. The second-order valence-corrected chi connectivity index (χ2v) is 7.61. The molecule has 0 bridgehead atoms. The van der Waals surface area contributed by atoms with Crippen LogP contribution in [0.25, 0.3) is 5.52 Å². The maximum absolute atomic E-state index is 14.0. The maximum atomic E-state index is 14.0. The highest BCUT2D eigenvalue weighted by atomic mass is 19.3. The van der Waals surface area contributed by atoms with Crippen LogP contribution in [0.4, 0.5) is 35.0 Å². The van der Waals surface area contributed by atoms with Crippen LogP contribution in [-0.2, 0) is 7.05 Å². The lowest BCUT2D eigenvalue weighted by molar-refractivity contribution is -0.0406. The van der Waals surface area contributed by atoms with Gasteiger partial charge in [0.1, 0.15) is 11.2 Å². The van der Waals surface area contributed by atoms with Crippen molar-refractivity contribution in [1.29, 1.82) is 0 Å². The number of nitrogens with two attached hydrogens (primary N) is 2. The first-order valence-corrected chi connectivity index (χ1v) is 9.51.